The number of ketones is 1. The van der Waals surface area contributed by atoms with Gasteiger partial charge in [-0.3, -0.25) is 9.59 Å². The number of nitrogens with one attached hydrogen (secondary N) is 1. The van der Waals surface area contributed by atoms with E-state index in [4.69, 9.17) is 16.0 Å². The maximum atomic E-state index is 12.5. The van der Waals surface area contributed by atoms with Crippen LogP contribution in [-0.2, 0) is 10.4 Å². The van der Waals surface area contributed by atoms with Crippen molar-refractivity contribution in [3.8, 4) is 0 Å². The average Bonchev–Trinajstić information content (AvgIpc) is 3.09. The van der Waals surface area contributed by atoms with Crippen LogP contribution < -0.4 is 5.32 Å². The standard InChI is InChI=1S/C18H12ClNO4/c19-11-5-6-13-12(8-11)18(23,17(22)20-13)9-14(21)16-7-10-3-1-2-4-15(10)24-16/h1-8,23H,9H2,(H,20,22)/t18-/m1/s1. The van der Waals surface area contributed by atoms with Gasteiger partial charge in [0.2, 0.25) is 5.78 Å². The minimum absolute atomic E-state index is 0.105. The Morgan fingerprint density at radius 1 is 1.21 bits per heavy atom. The molecule has 2 aromatic carbocycles. The third-order valence-electron chi connectivity index (χ3n) is 4.17. The molecule has 1 aliphatic rings. The molecule has 0 saturated carbocycles. The molecule has 0 unspecified atom stereocenters. The first-order valence-electron chi connectivity index (χ1n) is 7.33. The molecule has 3 aromatic rings. The predicted octanol–water partition coefficient (Wildman–Crippen LogP) is 3.50. The highest BCUT2D eigenvalue weighted by atomic mass is 35.5. The molecule has 2 heterocycles. The van der Waals surface area contributed by atoms with Gasteiger partial charge in [-0.1, -0.05) is 29.8 Å². The number of rotatable bonds is 3. The molecule has 1 aliphatic heterocycles. The maximum absolute atomic E-state index is 12.5. The van der Waals surface area contributed by atoms with Crippen LogP contribution in [0.4, 0.5) is 5.69 Å². The van der Waals surface area contributed by atoms with Crippen molar-refractivity contribution in [3.63, 3.8) is 0 Å². The van der Waals surface area contributed by atoms with Crippen molar-refractivity contribution in [1.29, 1.82) is 0 Å². The number of hydrogen-bond donors (Lipinski definition) is 2. The fourth-order valence-corrected chi connectivity index (χ4v) is 3.10. The van der Waals surface area contributed by atoms with Gasteiger partial charge in [0.25, 0.3) is 5.91 Å². The van der Waals surface area contributed by atoms with E-state index in [0.717, 1.165) is 5.39 Å². The molecule has 0 saturated heterocycles. The van der Waals surface area contributed by atoms with Crippen molar-refractivity contribution < 1.29 is 19.1 Å². The summed E-state index contributed by atoms with van der Waals surface area (Å²) in [4.78, 5) is 24.8. The molecule has 0 fully saturated rings. The molecule has 4 rings (SSSR count). The zero-order valence-corrected chi connectivity index (χ0v) is 13.1. The Hall–Kier alpha value is -2.63. The Balaban J connectivity index is 1.70. The summed E-state index contributed by atoms with van der Waals surface area (Å²) in [5, 5.41) is 14.5. The molecular formula is C18H12ClNO4. The Morgan fingerprint density at radius 3 is 2.79 bits per heavy atom. The number of fused-ring (bicyclic) bond motifs is 2. The summed E-state index contributed by atoms with van der Waals surface area (Å²) in [5.74, 6) is -1.01. The van der Waals surface area contributed by atoms with Gasteiger partial charge < -0.3 is 14.8 Å². The summed E-state index contributed by atoms with van der Waals surface area (Å²) in [6, 6.07) is 13.5. The lowest BCUT2D eigenvalue weighted by Crippen LogP contribution is -2.36. The van der Waals surface area contributed by atoms with Crippen LogP contribution in [0.25, 0.3) is 11.0 Å². The number of aliphatic hydroxyl groups is 1. The number of furan rings is 1. The van der Waals surface area contributed by atoms with E-state index in [1.807, 2.05) is 12.1 Å². The summed E-state index contributed by atoms with van der Waals surface area (Å²) < 4.78 is 5.51. The zero-order chi connectivity index (χ0) is 16.9. The van der Waals surface area contributed by atoms with E-state index in [0.29, 0.717) is 21.9 Å². The van der Waals surface area contributed by atoms with Crippen LogP contribution in [0.5, 0.6) is 0 Å². The topological polar surface area (TPSA) is 79.5 Å². The van der Waals surface area contributed by atoms with Crippen LogP contribution in [0, 0.1) is 0 Å². The number of amides is 1. The highest BCUT2D eigenvalue weighted by molar-refractivity contribution is 6.31. The first-order chi connectivity index (χ1) is 11.5. The van der Waals surface area contributed by atoms with Crippen molar-refractivity contribution in [2.75, 3.05) is 5.32 Å². The highest BCUT2D eigenvalue weighted by Crippen LogP contribution is 2.40. The number of anilines is 1. The second-order valence-corrected chi connectivity index (χ2v) is 6.19. The van der Waals surface area contributed by atoms with E-state index < -0.39 is 23.7 Å². The number of carbonyl (C=O) groups excluding carboxylic acids is 2. The summed E-state index contributed by atoms with van der Waals surface area (Å²) in [6.07, 6.45) is -0.425. The summed E-state index contributed by atoms with van der Waals surface area (Å²) in [6.45, 7) is 0. The lowest BCUT2D eigenvalue weighted by molar-refractivity contribution is -0.133. The molecule has 6 heteroatoms. The van der Waals surface area contributed by atoms with Crippen LogP contribution in [0.2, 0.25) is 5.02 Å². The molecule has 5 nitrogen and oxygen atoms in total. The lowest BCUT2D eigenvalue weighted by atomic mass is 9.89. The van der Waals surface area contributed by atoms with Crippen LogP contribution >= 0.6 is 11.6 Å². The van der Waals surface area contributed by atoms with Crippen molar-refractivity contribution in [3.05, 3.63) is 64.9 Å². The minimum atomic E-state index is -1.96. The van der Waals surface area contributed by atoms with Gasteiger partial charge in [-0.25, -0.2) is 0 Å². The lowest BCUT2D eigenvalue weighted by Gasteiger charge is -2.19. The van der Waals surface area contributed by atoms with E-state index in [1.54, 1.807) is 30.3 Å². The molecule has 0 bridgehead atoms. The van der Waals surface area contributed by atoms with Crippen molar-refractivity contribution >= 4 is 39.9 Å². The fourth-order valence-electron chi connectivity index (χ4n) is 2.93. The second-order valence-electron chi connectivity index (χ2n) is 5.75. The first-order valence-corrected chi connectivity index (χ1v) is 7.71. The SMILES string of the molecule is O=C(C[C@]1(O)C(=O)Nc2ccc(Cl)cc21)c1cc2ccccc2o1. The van der Waals surface area contributed by atoms with Crippen LogP contribution in [-0.4, -0.2) is 16.8 Å². The zero-order valence-electron chi connectivity index (χ0n) is 12.4. The minimum Gasteiger partial charge on any atom is -0.453 e. The molecule has 120 valence electrons. The molecule has 0 radical (unpaired) electrons. The van der Waals surface area contributed by atoms with E-state index >= 15 is 0 Å². The Morgan fingerprint density at radius 2 is 2.00 bits per heavy atom. The number of carbonyl (C=O) groups is 2. The van der Waals surface area contributed by atoms with Gasteiger partial charge >= 0.3 is 0 Å². The number of benzene rings is 2. The number of Topliss-reactive ketones (excluding diaryl/α,β-unsaturated/α-hetero) is 1. The van der Waals surface area contributed by atoms with E-state index in [-0.39, 0.29) is 5.76 Å². The Bertz CT molecular complexity index is 961. The summed E-state index contributed by atoms with van der Waals surface area (Å²) in [5.41, 5.74) is -0.642. The Kier molecular flexibility index (Phi) is 3.23. The van der Waals surface area contributed by atoms with Crippen LogP contribution in [0.15, 0.2) is 52.9 Å². The van der Waals surface area contributed by atoms with Crippen molar-refractivity contribution in [1.82, 2.24) is 0 Å². The van der Waals surface area contributed by atoms with Crippen LogP contribution in [0.1, 0.15) is 22.5 Å². The highest BCUT2D eigenvalue weighted by Gasteiger charge is 2.47. The molecule has 2 N–H and O–H groups in total. The van der Waals surface area contributed by atoms with Gasteiger partial charge in [0.1, 0.15) is 5.58 Å². The molecule has 1 atom stereocenters. The summed E-state index contributed by atoms with van der Waals surface area (Å²) in [7, 11) is 0. The van der Waals surface area contributed by atoms with Gasteiger partial charge in [-0.2, -0.15) is 0 Å². The van der Waals surface area contributed by atoms with Crippen LogP contribution in [0.3, 0.4) is 0 Å². The van der Waals surface area contributed by atoms with Gasteiger partial charge in [0.15, 0.2) is 11.4 Å². The van der Waals surface area contributed by atoms with Gasteiger partial charge in [-0.15, -0.1) is 0 Å². The summed E-state index contributed by atoms with van der Waals surface area (Å²) >= 11 is 5.95. The normalized spacial score (nSPS) is 19.3. The van der Waals surface area contributed by atoms with Crippen molar-refractivity contribution in [2.24, 2.45) is 0 Å². The number of halogens is 1. The second kappa shape index (κ2) is 5.19. The van der Waals surface area contributed by atoms with E-state index in [2.05, 4.69) is 5.32 Å². The third-order valence-corrected chi connectivity index (χ3v) is 4.40. The fraction of sp³-hybridized carbons (Fsp3) is 0.111. The molecule has 0 aliphatic carbocycles. The largest absolute Gasteiger partial charge is 0.453 e. The molecule has 0 spiro atoms. The average molecular weight is 342 g/mol. The monoisotopic (exact) mass is 341 g/mol. The molecule has 24 heavy (non-hydrogen) atoms. The molecule has 1 aromatic heterocycles. The number of para-hydroxylation sites is 1. The van der Waals surface area contributed by atoms with E-state index in [1.165, 1.54) is 6.07 Å². The van der Waals surface area contributed by atoms with Gasteiger partial charge in [0.05, 0.1) is 6.42 Å². The maximum Gasteiger partial charge on any atom is 0.261 e. The molecule has 1 amide bonds. The smallest absolute Gasteiger partial charge is 0.261 e. The number of hydrogen-bond acceptors (Lipinski definition) is 4. The third kappa shape index (κ3) is 2.21. The van der Waals surface area contributed by atoms with E-state index in [9.17, 15) is 14.7 Å². The quantitative estimate of drug-likeness (QED) is 0.714. The first kappa shape index (κ1) is 14.9. The Labute approximate surface area is 141 Å². The molecular weight excluding hydrogens is 330 g/mol. The van der Waals surface area contributed by atoms with Crippen molar-refractivity contribution in [2.45, 2.75) is 12.0 Å². The van der Waals surface area contributed by atoms with Gasteiger partial charge in [0, 0.05) is 21.7 Å². The van der Waals surface area contributed by atoms with Gasteiger partial charge in [-0.05, 0) is 30.3 Å². The predicted molar refractivity (Wildman–Crippen MR) is 89.1 cm³/mol.